The topological polar surface area (TPSA) is 81.7 Å². The third kappa shape index (κ3) is 6.10. The molecule has 0 aliphatic rings. The van der Waals surface area contributed by atoms with Crippen LogP contribution in [0, 0.1) is 0 Å². The molecule has 14 heavy (non-hydrogen) atoms. The van der Waals surface area contributed by atoms with Crippen molar-refractivity contribution in [3.8, 4) is 0 Å². The van der Waals surface area contributed by atoms with Crippen LogP contribution < -0.4 is 0 Å². The highest BCUT2D eigenvalue weighted by Crippen LogP contribution is 2.10. The van der Waals surface area contributed by atoms with Crippen LogP contribution in [0.5, 0.6) is 0 Å². The van der Waals surface area contributed by atoms with E-state index in [1.54, 1.807) is 6.92 Å². The van der Waals surface area contributed by atoms with Gasteiger partial charge in [-0.05, 0) is 20.8 Å². The molecule has 6 heteroatoms. The second kappa shape index (κ2) is 5.31. The van der Waals surface area contributed by atoms with Crippen molar-refractivity contribution >= 4 is 12.3 Å². The summed E-state index contributed by atoms with van der Waals surface area (Å²) in [4.78, 5) is 20.8. The number of carbonyl (C=O) groups excluding carboxylic acids is 2. The molecule has 0 amide bonds. The molecule has 81 valence electrons. The van der Waals surface area contributed by atoms with E-state index in [1.165, 1.54) is 13.8 Å². The smallest absolute Gasteiger partial charge is 0.435 e. The lowest BCUT2D eigenvalue weighted by molar-refractivity contribution is -0.0543. The molecular weight excluding hydrogens is 192 g/mol. The van der Waals surface area contributed by atoms with Crippen molar-refractivity contribution in [2.75, 3.05) is 13.2 Å². The average molecular weight is 205 g/mol. The van der Waals surface area contributed by atoms with Crippen molar-refractivity contribution in [3.05, 3.63) is 0 Å². The Morgan fingerprint density at radius 2 is 1.79 bits per heavy atom. The first-order valence-electron chi connectivity index (χ1n) is 4.07. The maximum absolute atomic E-state index is 10.7. The van der Waals surface area contributed by atoms with Gasteiger partial charge in [0.15, 0.2) is 0 Å². The van der Waals surface area contributed by atoms with Gasteiger partial charge in [-0.15, -0.1) is 0 Å². The number of carbonyl (C=O) groups is 2. The molecule has 0 heterocycles. The van der Waals surface area contributed by atoms with E-state index in [-0.39, 0.29) is 13.2 Å². The Morgan fingerprint density at radius 1 is 1.21 bits per heavy atom. The first-order chi connectivity index (χ1) is 6.37. The predicted octanol–water partition coefficient (Wildman–Crippen LogP) is 1.51. The summed E-state index contributed by atoms with van der Waals surface area (Å²) in [5.41, 5.74) is -1.13. The molecule has 0 N–H and O–H groups in total. The summed E-state index contributed by atoms with van der Waals surface area (Å²) in [5, 5.41) is 10.1. The van der Waals surface area contributed by atoms with E-state index in [9.17, 15) is 14.7 Å². The lowest BCUT2D eigenvalue weighted by Gasteiger charge is -2.21. The molecule has 0 saturated heterocycles. The quantitative estimate of drug-likeness (QED) is 0.649. The molecule has 0 saturated carbocycles. The minimum atomic E-state index is -1.66. The third-order valence-electron chi connectivity index (χ3n) is 1.16. The standard InChI is InChI=1S/C8H13O6/c1-4-12-7(11)13-5-8(2,3)14-6(9)10/h4-5H2,1-3H3. The summed E-state index contributed by atoms with van der Waals surface area (Å²) in [7, 11) is 0. The molecule has 0 aromatic rings. The summed E-state index contributed by atoms with van der Waals surface area (Å²) in [6, 6.07) is 0. The fourth-order valence-corrected chi connectivity index (χ4v) is 0.647. The van der Waals surface area contributed by atoms with E-state index in [0.29, 0.717) is 0 Å². The SMILES string of the molecule is CCOC(=O)OCC(C)(C)OC([O])=O. The van der Waals surface area contributed by atoms with Crippen LogP contribution in [0.2, 0.25) is 0 Å². The molecule has 0 aliphatic carbocycles. The van der Waals surface area contributed by atoms with Gasteiger partial charge in [0.25, 0.3) is 0 Å². The fraction of sp³-hybridized carbons (Fsp3) is 0.750. The molecule has 0 aliphatic heterocycles. The number of rotatable bonds is 4. The molecule has 0 bridgehead atoms. The Hall–Kier alpha value is -1.46. The van der Waals surface area contributed by atoms with E-state index in [4.69, 9.17) is 0 Å². The Morgan fingerprint density at radius 3 is 2.21 bits per heavy atom. The van der Waals surface area contributed by atoms with Crippen molar-refractivity contribution < 1.29 is 28.9 Å². The summed E-state index contributed by atoms with van der Waals surface area (Å²) in [6.07, 6.45) is -2.52. The fourth-order valence-electron chi connectivity index (χ4n) is 0.647. The maximum atomic E-state index is 10.7. The van der Waals surface area contributed by atoms with Crippen LogP contribution in [-0.4, -0.2) is 31.1 Å². The minimum absolute atomic E-state index is 0.195. The van der Waals surface area contributed by atoms with Crippen molar-refractivity contribution in [2.45, 2.75) is 26.4 Å². The highest BCUT2D eigenvalue weighted by atomic mass is 16.7. The van der Waals surface area contributed by atoms with Crippen molar-refractivity contribution in [1.29, 1.82) is 0 Å². The first-order valence-corrected chi connectivity index (χ1v) is 4.07. The van der Waals surface area contributed by atoms with Gasteiger partial charge in [-0.2, -0.15) is 9.90 Å². The van der Waals surface area contributed by atoms with Crippen LogP contribution in [0.15, 0.2) is 0 Å². The largest absolute Gasteiger partial charge is 0.550 e. The van der Waals surface area contributed by atoms with Gasteiger partial charge in [0.05, 0.1) is 6.61 Å². The molecule has 6 nitrogen and oxygen atoms in total. The van der Waals surface area contributed by atoms with E-state index in [1.807, 2.05) is 0 Å². The zero-order valence-corrected chi connectivity index (χ0v) is 8.36. The zero-order chi connectivity index (χ0) is 11.2. The number of ether oxygens (including phenoxy) is 3. The van der Waals surface area contributed by atoms with Crippen molar-refractivity contribution in [3.63, 3.8) is 0 Å². The lowest BCUT2D eigenvalue weighted by Crippen LogP contribution is -2.33. The minimum Gasteiger partial charge on any atom is -0.435 e. The van der Waals surface area contributed by atoms with Gasteiger partial charge < -0.3 is 14.2 Å². The van der Waals surface area contributed by atoms with Crippen LogP contribution in [0.4, 0.5) is 9.59 Å². The molecule has 0 fully saturated rings. The van der Waals surface area contributed by atoms with Gasteiger partial charge in [0.2, 0.25) is 0 Å². The van der Waals surface area contributed by atoms with Crippen LogP contribution in [-0.2, 0) is 19.3 Å². The van der Waals surface area contributed by atoms with Gasteiger partial charge in [0.1, 0.15) is 12.2 Å². The molecule has 1 radical (unpaired) electrons. The van der Waals surface area contributed by atoms with Crippen molar-refractivity contribution in [1.82, 2.24) is 0 Å². The van der Waals surface area contributed by atoms with Gasteiger partial charge >= 0.3 is 12.3 Å². The van der Waals surface area contributed by atoms with E-state index in [0.717, 1.165) is 0 Å². The Kier molecular flexibility index (Phi) is 4.76. The van der Waals surface area contributed by atoms with E-state index in [2.05, 4.69) is 14.2 Å². The molecule has 0 spiro atoms. The van der Waals surface area contributed by atoms with Crippen LogP contribution >= 0.6 is 0 Å². The number of hydrogen-bond donors (Lipinski definition) is 0. The molecular formula is C8H13O6. The zero-order valence-electron chi connectivity index (χ0n) is 8.36. The summed E-state index contributed by atoms with van der Waals surface area (Å²) in [6.45, 7) is 4.49. The summed E-state index contributed by atoms with van der Waals surface area (Å²) >= 11 is 0. The van der Waals surface area contributed by atoms with Crippen LogP contribution in [0.1, 0.15) is 20.8 Å². The Bertz CT molecular complexity index is 210. The average Bonchev–Trinajstić information content (AvgIpc) is 1.99. The maximum Gasteiger partial charge on any atom is 0.550 e. The Labute approximate surface area is 81.8 Å². The molecule has 0 aromatic carbocycles. The van der Waals surface area contributed by atoms with E-state index >= 15 is 0 Å². The highest BCUT2D eigenvalue weighted by Gasteiger charge is 2.25. The van der Waals surface area contributed by atoms with Gasteiger partial charge in [-0.1, -0.05) is 0 Å². The lowest BCUT2D eigenvalue weighted by atomic mass is 10.1. The summed E-state index contributed by atoms with van der Waals surface area (Å²) in [5.74, 6) is 0. The second-order valence-corrected chi connectivity index (χ2v) is 3.08. The van der Waals surface area contributed by atoms with E-state index < -0.39 is 17.9 Å². The number of hydrogen-bond acceptors (Lipinski definition) is 5. The van der Waals surface area contributed by atoms with Crippen LogP contribution in [0.25, 0.3) is 0 Å². The van der Waals surface area contributed by atoms with Gasteiger partial charge in [-0.3, -0.25) is 0 Å². The predicted molar refractivity (Wildman–Crippen MR) is 44.2 cm³/mol. The molecule has 0 aromatic heterocycles. The summed E-state index contributed by atoms with van der Waals surface area (Å²) < 4.78 is 13.4. The third-order valence-corrected chi connectivity index (χ3v) is 1.16. The first kappa shape index (κ1) is 12.5. The van der Waals surface area contributed by atoms with Crippen molar-refractivity contribution in [2.24, 2.45) is 0 Å². The van der Waals surface area contributed by atoms with Gasteiger partial charge in [0, 0.05) is 0 Å². The second-order valence-electron chi connectivity index (χ2n) is 3.08. The molecule has 0 rings (SSSR count). The van der Waals surface area contributed by atoms with Gasteiger partial charge in [-0.25, -0.2) is 4.79 Å². The normalized spacial score (nSPS) is 10.5. The monoisotopic (exact) mass is 205 g/mol. The Balaban J connectivity index is 3.86. The van der Waals surface area contributed by atoms with Crippen LogP contribution in [0.3, 0.4) is 0 Å². The molecule has 0 atom stereocenters. The highest BCUT2D eigenvalue weighted by molar-refractivity contribution is 5.60. The molecule has 0 unspecified atom stereocenters.